The molecule has 0 saturated carbocycles. The van der Waals surface area contributed by atoms with Crippen LogP contribution in [0.15, 0.2) is 60.8 Å². The highest BCUT2D eigenvalue weighted by molar-refractivity contribution is 5.92. The number of carbonyl (C=O) groups excluding carboxylic acids is 1. The Hall–Kier alpha value is -3.87. The molecule has 1 aliphatic heterocycles. The molecule has 4 aromatic rings. The zero-order valence-electron chi connectivity index (χ0n) is 16.8. The molecule has 0 fully saturated rings. The molecule has 0 saturated heterocycles. The first-order valence-corrected chi connectivity index (χ1v) is 9.76. The van der Waals surface area contributed by atoms with Gasteiger partial charge in [-0.15, -0.1) is 0 Å². The summed E-state index contributed by atoms with van der Waals surface area (Å²) in [6.07, 6.45) is 1.56. The van der Waals surface area contributed by atoms with Gasteiger partial charge in [0.1, 0.15) is 17.2 Å². The molecular weight excluding hydrogens is 378 g/mol. The van der Waals surface area contributed by atoms with Crippen molar-refractivity contribution in [2.24, 2.45) is 7.05 Å². The molecule has 5 rings (SSSR count). The third-order valence-electron chi connectivity index (χ3n) is 5.38. The van der Waals surface area contributed by atoms with E-state index in [1.165, 1.54) is 11.1 Å². The Morgan fingerprint density at radius 1 is 1.03 bits per heavy atom. The second-order valence-corrected chi connectivity index (χ2v) is 7.30. The minimum absolute atomic E-state index is 0.253. The molecule has 1 aliphatic rings. The number of ether oxygens (including phenoxy) is 1. The summed E-state index contributed by atoms with van der Waals surface area (Å²) < 4.78 is 8.08. The van der Waals surface area contributed by atoms with Crippen molar-refractivity contribution in [2.75, 3.05) is 11.9 Å². The van der Waals surface area contributed by atoms with E-state index in [-0.39, 0.29) is 5.91 Å². The maximum Gasteiger partial charge on any atom is 0.269 e. The summed E-state index contributed by atoms with van der Waals surface area (Å²) in [5.74, 6) is 1.89. The van der Waals surface area contributed by atoms with Gasteiger partial charge < -0.3 is 19.5 Å². The Labute approximate surface area is 173 Å². The summed E-state index contributed by atoms with van der Waals surface area (Å²) in [4.78, 5) is 23.0. The molecule has 2 aromatic heterocycles. The molecule has 1 N–H and O–H groups in total. The van der Waals surface area contributed by atoms with Crippen LogP contribution in [0, 0.1) is 0 Å². The smallest absolute Gasteiger partial charge is 0.269 e. The molecule has 7 nitrogen and oxygen atoms in total. The van der Waals surface area contributed by atoms with E-state index in [0.717, 1.165) is 30.1 Å². The Bertz CT molecular complexity index is 1240. The van der Waals surface area contributed by atoms with E-state index >= 15 is 0 Å². The average molecular weight is 399 g/mol. The van der Waals surface area contributed by atoms with Crippen LogP contribution in [0.1, 0.15) is 21.6 Å². The summed E-state index contributed by atoms with van der Waals surface area (Å²) in [6, 6.07) is 17.7. The molecule has 2 aromatic carbocycles. The third-order valence-corrected chi connectivity index (χ3v) is 5.38. The van der Waals surface area contributed by atoms with Crippen molar-refractivity contribution in [3.8, 4) is 11.5 Å². The lowest BCUT2D eigenvalue weighted by atomic mass is 10.1. The number of amides is 1. The molecule has 0 radical (unpaired) electrons. The number of nitrogens with one attached hydrogen (secondary N) is 1. The normalized spacial score (nSPS) is 12.8. The van der Waals surface area contributed by atoms with E-state index in [1.54, 1.807) is 25.4 Å². The fourth-order valence-corrected chi connectivity index (χ4v) is 3.85. The van der Waals surface area contributed by atoms with E-state index in [9.17, 15) is 4.79 Å². The number of rotatable bonds is 4. The number of aryl methyl sites for hydroxylation is 1. The first-order chi connectivity index (χ1) is 14.6. The fraction of sp³-hybridized carbons (Fsp3) is 0.174. The van der Waals surface area contributed by atoms with Gasteiger partial charge in [-0.3, -0.25) is 9.78 Å². The van der Waals surface area contributed by atoms with Gasteiger partial charge in [0, 0.05) is 45.5 Å². The molecule has 0 atom stereocenters. The third kappa shape index (κ3) is 3.14. The van der Waals surface area contributed by atoms with E-state index in [1.807, 2.05) is 25.2 Å². The van der Waals surface area contributed by atoms with Crippen molar-refractivity contribution in [3.05, 3.63) is 77.6 Å². The van der Waals surface area contributed by atoms with Crippen molar-refractivity contribution in [2.45, 2.75) is 13.1 Å². The van der Waals surface area contributed by atoms with Gasteiger partial charge in [0.15, 0.2) is 0 Å². The predicted molar refractivity (Wildman–Crippen MR) is 115 cm³/mol. The predicted octanol–water partition coefficient (Wildman–Crippen LogP) is 3.64. The van der Waals surface area contributed by atoms with Crippen LogP contribution in [-0.2, 0) is 20.1 Å². The number of imidazole rings is 1. The second-order valence-electron chi connectivity index (χ2n) is 7.30. The topological polar surface area (TPSA) is 72.3 Å². The SMILES string of the molecule is CNC(=O)c1cc(Oc2ccc3c(c2)nc(N2Cc4ccccc4C2)n3C)ccn1. The number of fused-ring (bicyclic) bond motifs is 2. The Balaban J connectivity index is 1.43. The standard InChI is InChI=1S/C23H21N5O2/c1-24-22(29)20-12-18(9-10-25-20)30-17-7-8-21-19(11-17)26-23(27(21)2)28-13-15-5-3-4-6-16(15)14-28/h3-12H,13-14H2,1-2H3,(H,24,29). The Morgan fingerprint density at radius 3 is 2.50 bits per heavy atom. The van der Waals surface area contributed by atoms with Crippen LogP contribution in [0.3, 0.4) is 0 Å². The summed E-state index contributed by atoms with van der Waals surface area (Å²) in [5.41, 5.74) is 4.90. The van der Waals surface area contributed by atoms with E-state index < -0.39 is 0 Å². The molecule has 0 unspecified atom stereocenters. The Kier molecular flexibility index (Phi) is 4.35. The van der Waals surface area contributed by atoms with Crippen LogP contribution >= 0.6 is 0 Å². The maximum absolute atomic E-state index is 11.8. The average Bonchev–Trinajstić information content (AvgIpc) is 3.34. The van der Waals surface area contributed by atoms with Gasteiger partial charge in [-0.1, -0.05) is 24.3 Å². The van der Waals surface area contributed by atoms with Gasteiger partial charge in [0.05, 0.1) is 11.0 Å². The molecule has 0 spiro atoms. The Morgan fingerprint density at radius 2 is 1.77 bits per heavy atom. The summed E-state index contributed by atoms with van der Waals surface area (Å²) in [6.45, 7) is 1.71. The van der Waals surface area contributed by atoms with Crippen molar-refractivity contribution >= 4 is 22.9 Å². The minimum atomic E-state index is -0.253. The van der Waals surface area contributed by atoms with E-state index in [2.05, 4.69) is 44.0 Å². The fourth-order valence-electron chi connectivity index (χ4n) is 3.85. The van der Waals surface area contributed by atoms with Crippen LogP contribution in [0.5, 0.6) is 11.5 Å². The second kappa shape index (κ2) is 7.18. The summed E-state index contributed by atoms with van der Waals surface area (Å²) >= 11 is 0. The number of benzene rings is 2. The highest BCUT2D eigenvalue weighted by Gasteiger charge is 2.23. The minimum Gasteiger partial charge on any atom is -0.457 e. The monoisotopic (exact) mass is 399 g/mol. The number of aromatic nitrogens is 3. The van der Waals surface area contributed by atoms with Crippen molar-refractivity contribution in [3.63, 3.8) is 0 Å². The van der Waals surface area contributed by atoms with Gasteiger partial charge in [-0.05, 0) is 29.3 Å². The largest absolute Gasteiger partial charge is 0.457 e. The van der Waals surface area contributed by atoms with Gasteiger partial charge in [-0.25, -0.2) is 4.98 Å². The van der Waals surface area contributed by atoms with Crippen molar-refractivity contribution in [1.82, 2.24) is 19.9 Å². The summed E-state index contributed by atoms with van der Waals surface area (Å²) in [7, 11) is 3.61. The lowest BCUT2D eigenvalue weighted by Crippen LogP contribution is -2.18. The lowest BCUT2D eigenvalue weighted by Gasteiger charge is -2.16. The zero-order chi connectivity index (χ0) is 20.7. The molecule has 1 amide bonds. The van der Waals surface area contributed by atoms with Gasteiger partial charge in [-0.2, -0.15) is 0 Å². The molecule has 3 heterocycles. The van der Waals surface area contributed by atoms with Crippen LogP contribution in [0.25, 0.3) is 11.0 Å². The van der Waals surface area contributed by atoms with Crippen LogP contribution in [0.2, 0.25) is 0 Å². The highest BCUT2D eigenvalue weighted by Crippen LogP contribution is 2.32. The first-order valence-electron chi connectivity index (χ1n) is 9.76. The number of hydrogen-bond donors (Lipinski definition) is 1. The molecule has 30 heavy (non-hydrogen) atoms. The summed E-state index contributed by atoms with van der Waals surface area (Å²) in [5, 5.41) is 2.56. The quantitative estimate of drug-likeness (QED) is 0.567. The molecule has 0 aliphatic carbocycles. The van der Waals surface area contributed by atoms with Gasteiger partial charge in [0.25, 0.3) is 5.91 Å². The van der Waals surface area contributed by atoms with Crippen LogP contribution in [0.4, 0.5) is 5.95 Å². The number of pyridine rings is 1. The van der Waals surface area contributed by atoms with E-state index in [0.29, 0.717) is 17.2 Å². The first kappa shape index (κ1) is 18.2. The molecule has 7 heteroatoms. The lowest BCUT2D eigenvalue weighted by molar-refractivity contribution is 0.0958. The van der Waals surface area contributed by atoms with Gasteiger partial charge >= 0.3 is 0 Å². The number of carbonyl (C=O) groups is 1. The van der Waals surface area contributed by atoms with Crippen LogP contribution in [-0.4, -0.2) is 27.5 Å². The maximum atomic E-state index is 11.8. The van der Waals surface area contributed by atoms with Crippen molar-refractivity contribution in [1.29, 1.82) is 0 Å². The van der Waals surface area contributed by atoms with Crippen LogP contribution < -0.4 is 15.0 Å². The zero-order valence-corrected chi connectivity index (χ0v) is 16.8. The molecule has 150 valence electrons. The molecular formula is C23H21N5O2. The number of hydrogen-bond acceptors (Lipinski definition) is 5. The van der Waals surface area contributed by atoms with Crippen molar-refractivity contribution < 1.29 is 9.53 Å². The van der Waals surface area contributed by atoms with Gasteiger partial charge in [0.2, 0.25) is 5.95 Å². The highest BCUT2D eigenvalue weighted by atomic mass is 16.5. The molecule has 0 bridgehead atoms. The number of anilines is 1. The number of nitrogens with zero attached hydrogens (tertiary/aromatic N) is 4. The van der Waals surface area contributed by atoms with E-state index in [4.69, 9.17) is 9.72 Å².